The molecule has 0 radical (unpaired) electrons. The molecule has 1 amide bonds. The number of carbonyl (C=O) groups is 1. The van der Waals surface area contributed by atoms with Crippen LogP contribution in [0.15, 0.2) is 24.7 Å². The summed E-state index contributed by atoms with van der Waals surface area (Å²) in [6.07, 6.45) is 7.35. The lowest BCUT2D eigenvalue weighted by Crippen LogP contribution is -2.19. The Balaban J connectivity index is 2.17. The van der Waals surface area contributed by atoms with Gasteiger partial charge in [0.25, 0.3) is 0 Å². The standard InChI is InChI=1S/C16H22N4O2/c1-4-17-13(21)7-5-6-12-8-18-15-14(12)16(20-10-19-15)22-9-11(2)3/h5,7-8,10-11H,4,6,9H2,1-3H3,(H,17,21)(H,18,19,20)/b7-5+. The Morgan fingerprint density at radius 1 is 1.45 bits per heavy atom. The summed E-state index contributed by atoms with van der Waals surface area (Å²) in [5.41, 5.74) is 1.75. The highest BCUT2D eigenvalue weighted by molar-refractivity contribution is 5.88. The second-order valence-electron chi connectivity index (χ2n) is 5.42. The van der Waals surface area contributed by atoms with Crippen molar-refractivity contribution < 1.29 is 9.53 Å². The van der Waals surface area contributed by atoms with E-state index >= 15 is 0 Å². The van der Waals surface area contributed by atoms with Crippen LogP contribution in [0.2, 0.25) is 0 Å². The third kappa shape index (κ3) is 4.07. The molecule has 0 spiro atoms. The lowest BCUT2D eigenvalue weighted by Gasteiger charge is -2.08. The average molecular weight is 302 g/mol. The van der Waals surface area contributed by atoms with Gasteiger partial charge < -0.3 is 15.0 Å². The summed E-state index contributed by atoms with van der Waals surface area (Å²) in [5.74, 6) is 0.918. The third-order valence-corrected chi connectivity index (χ3v) is 3.03. The van der Waals surface area contributed by atoms with Crippen LogP contribution in [0.3, 0.4) is 0 Å². The van der Waals surface area contributed by atoms with E-state index in [1.54, 1.807) is 6.08 Å². The van der Waals surface area contributed by atoms with Crippen molar-refractivity contribution in [2.24, 2.45) is 5.92 Å². The Morgan fingerprint density at radius 2 is 2.27 bits per heavy atom. The number of ether oxygens (including phenoxy) is 1. The first kappa shape index (κ1) is 16.0. The molecule has 0 aliphatic rings. The molecule has 2 aromatic rings. The van der Waals surface area contributed by atoms with Crippen molar-refractivity contribution in [1.29, 1.82) is 0 Å². The molecular formula is C16H22N4O2. The molecule has 0 unspecified atom stereocenters. The van der Waals surface area contributed by atoms with E-state index < -0.39 is 0 Å². The van der Waals surface area contributed by atoms with Gasteiger partial charge in [0.05, 0.1) is 12.0 Å². The monoisotopic (exact) mass is 302 g/mol. The van der Waals surface area contributed by atoms with Crippen molar-refractivity contribution in [3.63, 3.8) is 0 Å². The maximum absolute atomic E-state index is 11.4. The van der Waals surface area contributed by atoms with E-state index in [2.05, 4.69) is 34.1 Å². The van der Waals surface area contributed by atoms with Gasteiger partial charge in [-0.2, -0.15) is 0 Å². The lowest BCUT2D eigenvalue weighted by atomic mass is 10.1. The van der Waals surface area contributed by atoms with Crippen LogP contribution in [0.25, 0.3) is 11.0 Å². The van der Waals surface area contributed by atoms with Gasteiger partial charge >= 0.3 is 0 Å². The van der Waals surface area contributed by atoms with Crippen LogP contribution >= 0.6 is 0 Å². The molecule has 0 saturated carbocycles. The van der Waals surface area contributed by atoms with Crippen molar-refractivity contribution in [2.75, 3.05) is 13.2 Å². The van der Waals surface area contributed by atoms with E-state index in [0.717, 1.165) is 16.6 Å². The normalized spacial score (nSPS) is 11.5. The van der Waals surface area contributed by atoms with Gasteiger partial charge in [-0.05, 0) is 30.9 Å². The molecule has 0 aliphatic carbocycles. The second kappa shape index (κ2) is 7.59. The zero-order valence-electron chi connectivity index (χ0n) is 13.2. The summed E-state index contributed by atoms with van der Waals surface area (Å²) >= 11 is 0. The number of H-pyrrole nitrogens is 1. The van der Waals surface area contributed by atoms with Gasteiger partial charge in [-0.1, -0.05) is 19.9 Å². The van der Waals surface area contributed by atoms with Crippen LogP contribution in [-0.4, -0.2) is 34.0 Å². The summed E-state index contributed by atoms with van der Waals surface area (Å²) in [6, 6.07) is 0. The van der Waals surface area contributed by atoms with Crippen molar-refractivity contribution in [3.05, 3.63) is 30.2 Å². The molecule has 6 heteroatoms. The van der Waals surface area contributed by atoms with Crippen molar-refractivity contribution in [3.8, 4) is 5.88 Å². The number of amides is 1. The number of nitrogens with one attached hydrogen (secondary N) is 2. The molecule has 118 valence electrons. The Bertz CT molecular complexity index is 661. The van der Waals surface area contributed by atoms with E-state index in [9.17, 15) is 4.79 Å². The van der Waals surface area contributed by atoms with E-state index in [-0.39, 0.29) is 5.91 Å². The molecule has 2 heterocycles. The molecule has 22 heavy (non-hydrogen) atoms. The summed E-state index contributed by atoms with van der Waals surface area (Å²) in [4.78, 5) is 23.0. The minimum atomic E-state index is -0.0881. The van der Waals surface area contributed by atoms with E-state index in [1.807, 2.05) is 19.2 Å². The average Bonchev–Trinajstić information content (AvgIpc) is 2.89. The minimum absolute atomic E-state index is 0.0881. The summed E-state index contributed by atoms with van der Waals surface area (Å²) in [6.45, 7) is 7.29. The van der Waals surface area contributed by atoms with E-state index in [1.165, 1.54) is 6.33 Å². The Morgan fingerprint density at radius 3 is 3.00 bits per heavy atom. The molecular weight excluding hydrogens is 280 g/mol. The Hall–Kier alpha value is -2.37. The fraction of sp³-hybridized carbons (Fsp3) is 0.438. The predicted octanol–water partition coefficient (Wildman–Crippen LogP) is 2.23. The van der Waals surface area contributed by atoms with Gasteiger partial charge in [-0.15, -0.1) is 0 Å². The minimum Gasteiger partial charge on any atom is -0.477 e. The molecule has 0 bridgehead atoms. The number of nitrogens with zero attached hydrogens (tertiary/aromatic N) is 2. The molecule has 0 atom stereocenters. The number of likely N-dealkylation sites (N-methyl/N-ethyl adjacent to an activating group) is 1. The van der Waals surface area contributed by atoms with Crippen molar-refractivity contribution in [2.45, 2.75) is 27.2 Å². The molecule has 0 fully saturated rings. The Kier molecular flexibility index (Phi) is 5.52. The summed E-state index contributed by atoms with van der Waals surface area (Å²) < 4.78 is 5.77. The number of hydrogen-bond donors (Lipinski definition) is 2. The zero-order valence-corrected chi connectivity index (χ0v) is 13.2. The highest BCUT2D eigenvalue weighted by Crippen LogP contribution is 2.26. The number of aromatic amines is 1. The topological polar surface area (TPSA) is 79.9 Å². The first-order chi connectivity index (χ1) is 10.6. The van der Waals surface area contributed by atoms with Crippen LogP contribution in [0.1, 0.15) is 26.3 Å². The number of rotatable bonds is 7. The van der Waals surface area contributed by atoms with Gasteiger partial charge in [0, 0.05) is 12.7 Å². The highest BCUT2D eigenvalue weighted by atomic mass is 16.5. The molecule has 0 saturated heterocycles. The van der Waals surface area contributed by atoms with Crippen LogP contribution in [0.4, 0.5) is 0 Å². The van der Waals surface area contributed by atoms with Gasteiger partial charge in [0.1, 0.15) is 12.0 Å². The number of fused-ring (bicyclic) bond motifs is 1. The molecule has 2 rings (SSSR count). The van der Waals surface area contributed by atoms with Gasteiger partial charge in [0.2, 0.25) is 11.8 Å². The van der Waals surface area contributed by atoms with Gasteiger partial charge in [-0.3, -0.25) is 4.79 Å². The second-order valence-corrected chi connectivity index (χ2v) is 5.42. The number of carbonyl (C=O) groups excluding carboxylic acids is 1. The van der Waals surface area contributed by atoms with E-state index in [0.29, 0.717) is 31.4 Å². The maximum Gasteiger partial charge on any atom is 0.243 e. The number of aromatic nitrogens is 3. The highest BCUT2D eigenvalue weighted by Gasteiger charge is 2.12. The molecule has 0 aromatic carbocycles. The Labute approximate surface area is 130 Å². The fourth-order valence-corrected chi connectivity index (χ4v) is 2.04. The van der Waals surface area contributed by atoms with Crippen LogP contribution in [0, 0.1) is 5.92 Å². The van der Waals surface area contributed by atoms with Crippen LogP contribution in [0.5, 0.6) is 5.88 Å². The molecule has 2 N–H and O–H groups in total. The number of allylic oxidation sites excluding steroid dienone is 1. The first-order valence-electron chi connectivity index (χ1n) is 7.50. The van der Waals surface area contributed by atoms with Crippen LogP contribution < -0.4 is 10.1 Å². The summed E-state index contributed by atoms with van der Waals surface area (Å²) in [5, 5.41) is 3.60. The lowest BCUT2D eigenvalue weighted by molar-refractivity contribution is -0.116. The smallest absolute Gasteiger partial charge is 0.243 e. The van der Waals surface area contributed by atoms with Crippen molar-refractivity contribution in [1.82, 2.24) is 20.3 Å². The van der Waals surface area contributed by atoms with Crippen molar-refractivity contribution >= 4 is 16.9 Å². The predicted molar refractivity (Wildman–Crippen MR) is 85.7 cm³/mol. The van der Waals surface area contributed by atoms with Gasteiger partial charge in [0.15, 0.2) is 0 Å². The third-order valence-electron chi connectivity index (χ3n) is 3.03. The zero-order chi connectivity index (χ0) is 15.9. The summed E-state index contributed by atoms with van der Waals surface area (Å²) in [7, 11) is 0. The fourth-order valence-electron chi connectivity index (χ4n) is 2.04. The molecule has 6 nitrogen and oxygen atoms in total. The quantitative estimate of drug-likeness (QED) is 0.769. The molecule has 0 aliphatic heterocycles. The first-order valence-corrected chi connectivity index (χ1v) is 7.50. The van der Waals surface area contributed by atoms with Crippen LogP contribution in [-0.2, 0) is 11.2 Å². The van der Waals surface area contributed by atoms with Gasteiger partial charge in [-0.25, -0.2) is 9.97 Å². The largest absolute Gasteiger partial charge is 0.477 e. The molecule has 2 aromatic heterocycles. The maximum atomic E-state index is 11.4. The van der Waals surface area contributed by atoms with E-state index in [4.69, 9.17) is 4.74 Å². The number of hydrogen-bond acceptors (Lipinski definition) is 4. The SMILES string of the molecule is CCNC(=O)/C=C/Cc1c[nH]c2ncnc(OCC(C)C)c12.